The van der Waals surface area contributed by atoms with E-state index in [0.29, 0.717) is 6.54 Å². The van der Waals surface area contributed by atoms with Gasteiger partial charge in [0, 0.05) is 10.0 Å². The van der Waals surface area contributed by atoms with Gasteiger partial charge in [0.15, 0.2) is 0 Å². The fourth-order valence-corrected chi connectivity index (χ4v) is 2.60. The van der Waals surface area contributed by atoms with Crippen molar-refractivity contribution in [1.82, 2.24) is 9.97 Å². The maximum absolute atomic E-state index is 5.67. The summed E-state index contributed by atoms with van der Waals surface area (Å²) in [5.41, 5.74) is 10.0. The number of hydrogen-bond donors (Lipinski definition) is 2. The van der Waals surface area contributed by atoms with Gasteiger partial charge in [0.2, 0.25) is 0 Å². The van der Waals surface area contributed by atoms with Gasteiger partial charge in [0.05, 0.1) is 11.0 Å². The molecule has 0 unspecified atom stereocenters. The van der Waals surface area contributed by atoms with Crippen molar-refractivity contribution < 1.29 is 0 Å². The molecule has 0 saturated carbocycles. The molecule has 3 rings (SSSR count). The zero-order valence-corrected chi connectivity index (χ0v) is 11.9. The molecule has 2 aromatic carbocycles. The highest BCUT2D eigenvalue weighted by atomic mass is 79.9. The van der Waals surface area contributed by atoms with Crippen LogP contribution in [0.4, 0.5) is 0 Å². The van der Waals surface area contributed by atoms with E-state index in [4.69, 9.17) is 5.73 Å². The van der Waals surface area contributed by atoms with Crippen LogP contribution in [-0.4, -0.2) is 16.5 Å². The second kappa shape index (κ2) is 5.15. The summed E-state index contributed by atoms with van der Waals surface area (Å²) in [6, 6.07) is 14.3. The monoisotopic (exact) mass is 315 g/mol. The lowest BCUT2D eigenvalue weighted by Gasteiger charge is -2.05. The first-order valence-corrected chi connectivity index (χ1v) is 7.01. The van der Waals surface area contributed by atoms with Crippen molar-refractivity contribution in [2.45, 2.75) is 6.42 Å². The largest absolute Gasteiger partial charge is 0.338 e. The number of aromatic nitrogens is 2. The summed E-state index contributed by atoms with van der Waals surface area (Å²) >= 11 is 3.47. The molecule has 0 aliphatic heterocycles. The predicted molar refractivity (Wildman–Crippen MR) is 82.0 cm³/mol. The number of H-pyrrole nitrogens is 1. The van der Waals surface area contributed by atoms with Crippen LogP contribution in [0.3, 0.4) is 0 Å². The van der Waals surface area contributed by atoms with Crippen molar-refractivity contribution in [2.24, 2.45) is 5.73 Å². The second-order valence-corrected chi connectivity index (χ2v) is 5.36. The SMILES string of the molecule is NCCc1ccccc1-c1nc2ccc(Br)cc2[nH]1. The standard InChI is InChI=1S/C15H14BrN3/c16-11-5-6-13-14(9-11)19-15(18-13)12-4-2-1-3-10(12)7-8-17/h1-6,9H,7-8,17H2,(H,18,19). The zero-order chi connectivity index (χ0) is 13.2. The Morgan fingerprint density at radius 2 is 2.00 bits per heavy atom. The Labute approximate surface area is 120 Å². The molecular weight excluding hydrogens is 302 g/mol. The van der Waals surface area contributed by atoms with Crippen LogP contribution in [0.15, 0.2) is 46.9 Å². The van der Waals surface area contributed by atoms with Gasteiger partial charge in [-0.25, -0.2) is 4.98 Å². The maximum atomic E-state index is 5.67. The van der Waals surface area contributed by atoms with Crippen molar-refractivity contribution in [3.05, 3.63) is 52.5 Å². The normalized spacial score (nSPS) is 11.1. The van der Waals surface area contributed by atoms with Gasteiger partial charge in [-0.2, -0.15) is 0 Å². The highest BCUT2D eigenvalue weighted by Gasteiger charge is 2.09. The number of nitrogens with zero attached hydrogens (tertiary/aromatic N) is 1. The van der Waals surface area contributed by atoms with Crippen LogP contribution in [0.25, 0.3) is 22.4 Å². The van der Waals surface area contributed by atoms with E-state index in [1.54, 1.807) is 0 Å². The first-order valence-electron chi connectivity index (χ1n) is 6.21. The fourth-order valence-electron chi connectivity index (χ4n) is 2.23. The summed E-state index contributed by atoms with van der Waals surface area (Å²) in [7, 11) is 0. The molecule has 0 saturated heterocycles. The molecule has 3 nitrogen and oxygen atoms in total. The number of aromatic amines is 1. The van der Waals surface area contributed by atoms with Gasteiger partial charge in [-0.05, 0) is 36.7 Å². The molecular formula is C15H14BrN3. The molecule has 0 aliphatic rings. The lowest BCUT2D eigenvalue weighted by Crippen LogP contribution is -2.04. The number of fused-ring (bicyclic) bond motifs is 1. The zero-order valence-electron chi connectivity index (χ0n) is 10.4. The van der Waals surface area contributed by atoms with Crippen LogP contribution in [0.2, 0.25) is 0 Å². The molecule has 4 heteroatoms. The van der Waals surface area contributed by atoms with Crippen LogP contribution < -0.4 is 5.73 Å². The number of nitrogens with two attached hydrogens (primary N) is 1. The van der Waals surface area contributed by atoms with E-state index in [9.17, 15) is 0 Å². The third kappa shape index (κ3) is 2.41. The Morgan fingerprint density at radius 1 is 1.16 bits per heavy atom. The minimum atomic E-state index is 0.642. The van der Waals surface area contributed by atoms with Gasteiger partial charge in [0.1, 0.15) is 5.82 Å². The molecule has 3 aromatic rings. The topological polar surface area (TPSA) is 54.7 Å². The Balaban J connectivity index is 2.13. The third-order valence-electron chi connectivity index (χ3n) is 3.13. The van der Waals surface area contributed by atoms with Crippen LogP contribution in [0, 0.1) is 0 Å². The summed E-state index contributed by atoms with van der Waals surface area (Å²) in [6.07, 6.45) is 0.858. The molecule has 96 valence electrons. The van der Waals surface area contributed by atoms with Crippen molar-refractivity contribution >= 4 is 27.0 Å². The average Bonchev–Trinajstić information content (AvgIpc) is 2.82. The maximum Gasteiger partial charge on any atom is 0.138 e. The third-order valence-corrected chi connectivity index (χ3v) is 3.62. The molecule has 0 fully saturated rings. The van der Waals surface area contributed by atoms with Gasteiger partial charge < -0.3 is 10.7 Å². The summed E-state index contributed by atoms with van der Waals surface area (Å²) in [4.78, 5) is 8.02. The smallest absolute Gasteiger partial charge is 0.138 e. The molecule has 0 aliphatic carbocycles. The van der Waals surface area contributed by atoms with Crippen molar-refractivity contribution in [3.8, 4) is 11.4 Å². The molecule has 0 spiro atoms. The van der Waals surface area contributed by atoms with Crippen LogP contribution in [0.5, 0.6) is 0 Å². The van der Waals surface area contributed by atoms with Gasteiger partial charge in [-0.1, -0.05) is 40.2 Å². The molecule has 1 aromatic heterocycles. The lowest BCUT2D eigenvalue weighted by atomic mass is 10.0. The van der Waals surface area contributed by atoms with E-state index in [1.807, 2.05) is 30.3 Å². The molecule has 3 N–H and O–H groups in total. The van der Waals surface area contributed by atoms with Gasteiger partial charge in [0.25, 0.3) is 0 Å². The van der Waals surface area contributed by atoms with Crippen molar-refractivity contribution in [2.75, 3.05) is 6.54 Å². The van der Waals surface area contributed by atoms with E-state index in [-0.39, 0.29) is 0 Å². The van der Waals surface area contributed by atoms with E-state index in [2.05, 4.69) is 38.0 Å². The van der Waals surface area contributed by atoms with Crippen molar-refractivity contribution in [3.63, 3.8) is 0 Å². The number of nitrogens with one attached hydrogen (secondary N) is 1. The van der Waals surface area contributed by atoms with Crippen LogP contribution in [-0.2, 0) is 6.42 Å². The fraction of sp³-hybridized carbons (Fsp3) is 0.133. The molecule has 0 radical (unpaired) electrons. The highest BCUT2D eigenvalue weighted by molar-refractivity contribution is 9.10. The number of imidazole rings is 1. The highest BCUT2D eigenvalue weighted by Crippen LogP contribution is 2.25. The average molecular weight is 316 g/mol. The quantitative estimate of drug-likeness (QED) is 0.777. The first kappa shape index (κ1) is 12.4. The number of hydrogen-bond acceptors (Lipinski definition) is 2. The van der Waals surface area contributed by atoms with E-state index < -0.39 is 0 Å². The van der Waals surface area contributed by atoms with Crippen LogP contribution in [0.1, 0.15) is 5.56 Å². The first-order chi connectivity index (χ1) is 9.28. The lowest BCUT2D eigenvalue weighted by molar-refractivity contribution is 0.968. The summed E-state index contributed by atoms with van der Waals surface area (Å²) < 4.78 is 1.05. The summed E-state index contributed by atoms with van der Waals surface area (Å²) in [5, 5.41) is 0. The van der Waals surface area contributed by atoms with Gasteiger partial charge in [-0.15, -0.1) is 0 Å². The Kier molecular flexibility index (Phi) is 3.36. The molecule has 0 atom stereocenters. The molecule has 0 amide bonds. The van der Waals surface area contributed by atoms with Crippen molar-refractivity contribution in [1.29, 1.82) is 0 Å². The number of halogens is 1. The Hall–Kier alpha value is -1.65. The summed E-state index contributed by atoms with van der Waals surface area (Å²) in [5.74, 6) is 0.900. The van der Waals surface area contributed by atoms with Crippen LogP contribution >= 0.6 is 15.9 Å². The van der Waals surface area contributed by atoms with Gasteiger partial charge >= 0.3 is 0 Å². The van der Waals surface area contributed by atoms with Gasteiger partial charge in [-0.3, -0.25) is 0 Å². The molecule has 1 heterocycles. The number of rotatable bonds is 3. The second-order valence-electron chi connectivity index (χ2n) is 4.44. The Morgan fingerprint density at radius 3 is 2.84 bits per heavy atom. The van der Waals surface area contributed by atoms with E-state index in [1.165, 1.54) is 5.56 Å². The Bertz CT molecular complexity index is 718. The minimum absolute atomic E-state index is 0.642. The summed E-state index contributed by atoms with van der Waals surface area (Å²) in [6.45, 7) is 0.642. The molecule has 19 heavy (non-hydrogen) atoms. The predicted octanol–water partition coefficient (Wildman–Crippen LogP) is 3.49. The van der Waals surface area contributed by atoms with E-state index in [0.717, 1.165) is 33.3 Å². The number of benzene rings is 2. The molecule has 0 bridgehead atoms. The minimum Gasteiger partial charge on any atom is -0.338 e. The van der Waals surface area contributed by atoms with E-state index >= 15 is 0 Å².